The Balaban J connectivity index is 2.48. The number of esters is 2. The van der Waals surface area contributed by atoms with E-state index in [0.717, 1.165) is 12.8 Å². The van der Waals surface area contributed by atoms with Crippen LogP contribution in [0.1, 0.15) is 40.0 Å². The first-order valence-corrected chi connectivity index (χ1v) is 6.66. The van der Waals surface area contributed by atoms with Crippen LogP contribution in [0.4, 0.5) is 0 Å². The molecular formula is C13H22O6. The molecule has 0 aromatic rings. The van der Waals surface area contributed by atoms with Gasteiger partial charge in [0.25, 0.3) is 0 Å². The van der Waals surface area contributed by atoms with E-state index in [0.29, 0.717) is 13.0 Å². The molecule has 0 aromatic heterocycles. The van der Waals surface area contributed by atoms with Crippen molar-refractivity contribution in [1.29, 1.82) is 0 Å². The van der Waals surface area contributed by atoms with Crippen molar-refractivity contribution in [3.63, 3.8) is 0 Å². The third-order valence-electron chi connectivity index (χ3n) is 3.00. The number of rotatable bonds is 6. The van der Waals surface area contributed by atoms with Crippen molar-refractivity contribution in [2.24, 2.45) is 0 Å². The van der Waals surface area contributed by atoms with Gasteiger partial charge in [-0.1, -0.05) is 0 Å². The van der Waals surface area contributed by atoms with Crippen LogP contribution in [0.15, 0.2) is 0 Å². The Morgan fingerprint density at radius 2 is 1.84 bits per heavy atom. The molecule has 6 heteroatoms. The van der Waals surface area contributed by atoms with E-state index >= 15 is 0 Å². The summed E-state index contributed by atoms with van der Waals surface area (Å²) in [4.78, 5) is 22.8. The maximum absolute atomic E-state index is 11.5. The van der Waals surface area contributed by atoms with Crippen LogP contribution in [-0.4, -0.2) is 48.1 Å². The molecular weight excluding hydrogens is 252 g/mol. The third kappa shape index (κ3) is 4.80. The number of aliphatic hydroxyl groups excluding tert-OH is 1. The average molecular weight is 274 g/mol. The highest BCUT2D eigenvalue weighted by Crippen LogP contribution is 2.26. The second-order valence-corrected chi connectivity index (χ2v) is 4.65. The van der Waals surface area contributed by atoms with Gasteiger partial charge in [-0.3, -0.25) is 0 Å². The summed E-state index contributed by atoms with van der Waals surface area (Å²) in [6.07, 6.45) is -0.293. The average Bonchev–Trinajstić information content (AvgIpc) is 2.76. The molecule has 6 nitrogen and oxygen atoms in total. The smallest absolute Gasteiger partial charge is 0.335 e. The molecule has 0 bridgehead atoms. The first kappa shape index (κ1) is 15.9. The maximum atomic E-state index is 11.5. The molecule has 1 saturated carbocycles. The Labute approximate surface area is 113 Å². The van der Waals surface area contributed by atoms with Crippen molar-refractivity contribution in [2.75, 3.05) is 6.61 Å². The van der Waals surface area contributed by atoms with Crippen LogP contribution in [0.2, 0.25) is 0 Å². The van der Waals surface area contributed by atoms with Crippen LogP contribution in [0.25, 0.3) is 0 Å². The van der Waals surface area contributed by atoms with Crippen LogP contribution in [-0.2, 0) is 23.8 Å². The van der Waals surface area contributed by atoms with E-state index in [1.807, 2.05) is 0 Å². The molecule has 1 N–H and O–H groups in total. The third-order valence-corrected chi connectivity index (χ3v) is 3.00. The second kappa shape index (κ2) is 7.45. The van der Waals surface area contributed by atoms with Gasteiger partial charge in [-0.05, 0) is 40.0 Å². The Morgan fingerprint density at radius 1 is 1.21 bits per heavy atom. The number of ether oxygens (including phenoxy) is 3. The van der Waals surface area contributed by atoms with Gasteiger partial charge in [0.2, 0.25) is 0 Å². The second-order valence-electron chi connectivity index (χ2n) is 4.65. The Morgan fingerprint density at radius 3 is 2.42 bits per heavy atom. The molecule has 4 atom stereocenters. The van der Waals surface area contributed by atoms with Gasteiger partial charge in [0.1, 0.15) is 12.2 Å². The summed E-state index contributed by atoms with van der Waals surface area (Å²) >= 11 is 0. The lowest BCUT2D eigenvalue weighted by molar-refractivity contribution is -0.173. The summed E-state index contributed by atoms with van der Waals surface area (Å²) < 4.78 is 15.6. The fourth-order valence-corrected chi connectivity index (χ4v) is 2.01. The summed E-state index contributed by atoms with van der Waals surface area (Å²) in [6, 6.07) is 0. The first-order chi connectivity index (χ1) is 8.95. The molecule has 1 aliphatic rings. The fourth-order valence-electron chi connectivity index (χ4n) is 2.01. The molecule has 0 aliphatic heterocycles. The Kier molecular flexibility index (Phi) is 6.24. The molecule has 110 valence electrons. The normalized spacial score (nSPS) is 25.7. The summed E-state index contributed by atoms with van der Waals surface area (Å²) in [7, 11) is 0. The van der Waals surface area contributed by atoms with Gasteiger partial charge in [0, 0.05) is 0 Å². The highest BCUT2D eigenvalue weighted by molar-refractivity contribution is 5.74. The van der Waals surface area contributed by atoms with Crippen molar-refractivity contribution in [3.05, 3.63) is 0 Å². The van der Waals surface area contributed by atoms with Crippen molar-refractivity contribution < 1.29 is 28.9 Å². The minimum absolute atomic E-state index is 0.303. The molecule has 0 radical (unpaired) electrons. The molecule has 0 saturated heterocycles. The molecule has 0 aromatic carbocycles. The van der Waals surface area contributed by atoms with Gasteiger partial charge in [-0.25, -0.2) is 9.59 Å². The molecule has 0 heterocycles. The highest BCUT2D eigenvalue weighted by atomic mass is 16.6. The monoisotopic (exact) mass is 274 g/mol. The van der Waals surface area contributed by atoms with Crippen molar-refractivity contribution in [2.45, 2.75) is 64.4 Å². The zero-order chi connectivity index (χ0) is 14.4. The predicted octanol–water partition coefficient (Wildman–Crippen LogP) is 0.800. The molecule has 1 aliphatic carbocycles. The maximum Gasteiger partial charge on any atom is 0.335 e. The Bertz CT molecular complexity index is 314. The van der Waals surface area contributed by atoms with E-state index in [9.17, 15) is 9.59 Å². The van der Waals surface area contributed by atoms with Crippen molar-refractivity contribution in [3.8, 4) is 0 Å². The minimum Gasteiger partial charge on any atom is -0.464 e. The van der Waals surface area contributed by atoms with Gasteiger partial charge < -0.3 is 19.3 Å². The fraction of sp³-hybridized carbons (Fsp3) is 0.846. The van der Waals surface area contributed by atoms with Gasteiger partial charge in [-0.2, -0.15) is 0 Å². The van der Waals surface area contributed by atoms with Crippen LogP contribution in [0.5, 0.6) is 0 Å². The quantitative estimate of drug-likeness (QED) is 0.721. The van der Waals surface area contributed by atoms with E-state index < -0.39 is 30.3 Å². The largest absolute Gasteiger partial charge is 0.464 e. The summed E-state index contributed by atoms with van der Waals surface area (Å²) in [5, 5.41) is 9.12. The zero-order valence-electron chi connectivity index (χ0n) is 11.6. The molecule has 0 amide bonds. The predicted molar refractivity (Wildman–Crippen MR) is 66.4 cm³/mol. The lowest BCUT2D eigenvalue weighted by Gasteiger charge is -2.23. The van der Waals surface area contributed by atoms with Gasteiger partial charge in [0.05, 0.1) is 12.7 Å². The van der Waals surface area contributed by atoms with E-state index in [2.05, 4.69) is 0 Å². The van der Waals surface area contributed by atoms with E-state index in [4.69, 9.17) is 19.3 Å². The first-order valence-electron chi connectivity index (χ1n) is 6.66. The van der Waals surface area contributed by atoms with Crippen molar-refractivity contribution >= 4 is 11.9 Å². The number of carbonyl (C=O) groups is 2. The number of hydrogen-bond donors (Lipinski definition) is 1. The number of aliphatic hydroxyl groups is 1. The molecule has 1 rings (SSSR count). The molecule has 1 fully saturated rings. The summed E-state index contributed by atoms with van der Waals surface area (Å²) in [5.41, 5.74) is 0. The van der Waals surface area contributed by atoms with Crippen LogP contribution < -0.4 is 0 Å². The van der Waals surface area contributed by atoms with Crippen LogP contribution in [0, 0.1) is 0 Å². The van der Waals surface area contributed by atoms with E-state index in [1.165, 1.54) is 6.92 Å². The number of carbonyl (C=O) groups excluding carboxylic acids is 2. The zero-order valence-corrected chi connectivity index (χ0v) is 11.6. The van der Waals surface area contributed by atoms with Crippen LogP contribution >= 0.6 is 0 Å². The SMILES string of the molecule is CCOC(=O)C(C)OC1CCCC1OC(=O)C(C)O. The topological polar surface area (TPSA) is 82.1 Å². The van der Waals surface area contributed by atoms with Crippen molar-refractivity contribution in [1.82, 2.24) is 0 Å². The van der Waals surface area contributed by atoms with Gasteiger partial charge in [0.15, 0.2) is 6.10 Å². The molecule has 0 spiro atoms. The molecule has 4 unspecified atom stereocenters. The minimum atomic E-state index is -1.15. The van der Waals surface area contributed by atoms with Gasteiger partial charge >= 0.3 is 11.9 Å². The Hall–Kier alpha value is -1.14. The van der Waals surface area contributed by atoms with E-state index in [-0.39, 0.29) is 6.10 Å². The number of hydrogen-bond acceptors (Lipinski definition) is 6. The summed E-state index contributed by atoms with van der Waals surface area (Å²) in [6.45, 7) is 5.00. The van der Waals surface area contributed by atoms with E-state index in [1.54, 1.807) is 13.8 Å². The van der Waals surface area contributed by atoms with Gasteiger partial charge in [-0.15, -0.1) is 0 Å². The lowest BCUT2D eigenvalue weighted by atomic mass is 10.2. The standard InChI is InChI=1S/C13H22O6/c1-4-17-13(16)9(3)18-10-6-5-7-11(10)19-12(15)8(2)14/h8-11,14H,4-7H2,1-3H3. The summed E-state index contributed by atoms with van der Waals surface area (Å²) in [5.74, 6) is -1.08. The molecule has 19 heavy (non-hydrogen) atoms. The van der Waals surface area contributed by atoms with Crippen LogP contribution in [0.3, 0.4) is 0 Å². The highest BCUT2D eigenvalue weighted by Gasteiger charge is 2.34. The lowest BCUT2D eigenvalue weighted by Crippen LogP contribution is -2.36.